The summed E-state index contributed by atoms with van der Waals surface area (Å²) in [6, 6.07) is 13.2. The predicted octanol–water partition coefficient (Wildman–Crippen LogP) is 5.51. The molecule has 0 saturated carbocycles. The molecule has 1 aliphatic heterocycles. The van der Waals surface area contributed by atoms with Gasteiger partial charge in [0.15, 0.2) is 16.3 Å². The van der Waals surface area contributed by atoms with Gasteiger partial charge in [-0.3, -0.25) is 29.6 Å². The van der Waals surface area contributed by atoms with E-state index in [1.54, 1.807) is 57.2 Å². The van der Waals surface area contributed by atoms with E-state index in [-0.39, 0.29) is 30.2 Å². The van der Waals surface area contributed by atoms with Gasteiger partial charge in [-0.15, -0.1) is 0 Å². The van der Waals surface area contributed by atoms with Gasteiger partial charge in [-0.2, -0.15) is 0 Å². The van der Waals surface area contributed by atoms with Crippen LogP contribution in [0.15, 0.2) is 75.7 Å². The van der Waals surface area contributed by atoms with Crippen molar-refractivity contribution in [2.75, 3.05) is 13.2 Å². The SMILES string of the molecule is CCOC(=O)C1=C(C)N=c2s/c(=C/c3cc(I)c(OCc4ccc([N+](=O)[O-])cc4)c(OCC)c3)c(=O)n2[C@@H]1c1ccc(C)c([N+](=O)[O-])c1. The summed E-state index contributed by atoms with van der Waals surface area (Å²) in [6.45, 7) is 7.33. The van der Waals surface area contributed by atoms with Gasteiger partial charge in [-0.25, -0.2) is 9.79 Å². The maximum atomic E-state index is 14.1. The highest BCUT2D eigenvalue weighted by atomic mass is 127. The van der Waals surface area contributed by atoms with Crippen LogP contribution in [0.25, 0.3) is 6.08 Å². The van der Waals surface area contributed by atoms with E-state index in [0.717, 1.165) is 16.9 Å². The summed E-state index contributed by atoms with van der Waals surface area (Å²) in [5.74, 6) is 0.252. The average Bonchev–Trinajstić information content (AvgIpc) is 3.34. The molecule has 13 nitrogen and oxygen atoms in total. The molecule has 0 radical (unpaired) electrons. The molecule has 2 heterocycles. The van der Waals surface area contributed by atoms with Crippen LogP contribution in [0, 0.1) is 30.7 Å². The molecular formula is C33H29IN4O9S. The zero-order valence-electron chi connectivity index (χ0n) is 26.2. The number of allylic oxidation sites excluding steroid dienone is 1. The third kappa shape index (κ3) is 7.01. The summed E-state index contributed by atoms with van der Waals surface area (Å²) in [6.07, 6.45) is 1.69. The first kappa shape index (κ1) is 34.4. The van der Waals surface area contributed by atoms with Gasteiger partial charge in [0.25, 0.3) is 16.9 Å². The Kier molecular flexibility index (Phi) is 10.4. The van der Waals surface area contributed by atoms with E-state index < -0.39 is 27.4 Å². The van der Waals surface area contributed by atoms with Crippen LogP contribution in [-0.4, -0.2) is 33.6 Å². The number of halogens is 1. The van der Waals surface area contributed by atoms with Crippen LogP contribution in [0.4, 0.5) is 11.4 Å². The van der Waals surface area contributed by atoms with Crippen LogP contribution < -0.4 is 24.4 Å². The van der Waals surface area contributed by atoms with Crippen LogP contribution in [0.5, 0.6) is 11.5 Å². The zero-order valence-corrected chi connectivity index (χ0v) is 29.2. The Balaban J connectivity index is 1.58. The minimum atomic E-state index is -1.00. The number of carbonyl (C=O) groups is 1. The number of nitrogens with zero attached hydrogens (tertiary/aromatic N) is 4. The van der Waals surface area contributed by atoms with E-state index in [2.05, 4.69) is 27.6 Å². The number of nitro groups is 2. The first-order chi connectivity index (χ1) is 22.9. The highest BCUT2D eigenvalue weighted by Crippen LogP contribution is 2.36. The van der Waals surface area contributed by atoms with Gasteiger partial charge in [0.2, 0.25) is 0 Å². The number of ether oxygens (including phenoxy) is 3. The molecular weight excluding hydrogens is 755 g/mol. The van der Waals surface area contributed by atoms with Crippen LogP contribution >= 0.6 is 33.9 Å². The summed E-state index contributed by atoms with van der Waals surface area (Å²) < 4.78 is 19.7. The summed E-state index contributed by atoms with van der Waals surface area (Å²) in [4.78, 5) is 54.0. The second kappa shape index (κ2) is 14.5. The van der Waals surface area contributed by atoms with Gasteiger partial charge in [0.05, 0.1) is 48.5 Å². The number of aromatic nitrogens is 1. The van der Waals surface area contributed by atoms with Gasteiger partial charge in [0, 0.05) is 23.8 Å². The Morgan fingerprint density at radius 3 is 2.40 bits per heavy atom. The first-order valence-electron chi connectivity index (χ1n) is 14.7. The minimum Gasteiger partial charge on any atom is -0.490 e. The fourth-order valence-electron chi connectivity index (χ4n) is 5.20. The smallest absolute Gasteiger partial charge is 0.338 e. The van der Waals surface area contributed by atoms with E-state index >= 15 is 0 Å². The molecule has 1 atom stereocenters. The molecule has 0 unspecified atom stereocenters. The molecule has 0 spiro atoms. The van der Waals surface area contributed by atoms with Crippen molar-refractivity contribution in [3.63, 3.8) is 0 Å². The molecule has 0 amide bonds. The molecule has 15 heteroatoms. The monoisotopic (exact) mass is 784 g/mol. The number of esters is 1. The number of fused-ring (bicyclic) bond motifs is 1. The van der Waals surface area contributed by atoms with E-state index in [9.17, 15) is 29.8 Å². The number of non-ortho nitro benzene ring substituents is 1. The third-order valence-corrected chi connectivity index (χ3v) is 9.21. The Morgan fingerprint density at radius 1 is 1.02 bits per heavy atom. The van der Waals surface area contributed by atoms with E-state index in [1.807, 2.05) is 13.0 Å². The Bertz CT molecular complexity index is 2160. The zero-order chi connectivity index (χ0) is 34.7. The molecule has 0 fully saturated rings. The average molecular weight is 785 g/mol. The molecule has 48 heavy (non-hydrogen) atoms. The number of carbonyl (C=O) groups excluding carboxylic acids is 1. The molecule has 248 valence electrons. The van der Waals surface area contributed by atoms with Crippen LogP contribution in [0.3, 0.4) is 0 Å². The molecule has 3 aromatic carbocycles. The highest BCUT2D eigenvalue weighted by Gasteiger charge is 2.34. The summed E-state index contributed by atoms with van der Waals surface area (Å²) >= 11 is 3.24. The van der Waals surface area contributed by atoms with Gasteiger partial charge >= 0.3 is 5.97 Å². The van der Waals surface area contributed by atoms with Crippen LogP contribution in [0.1, 0.15) is 49.1 Å². The fourth-order valence-corrected chi connectivity index (χ4v) is 7.02. The highest BCUT2D eigenvalue weighted by molar-refractivity contribution is 14.1. The van der Waals surface area contributed by atoms with Crippen molar-refractivity contribution in [1.29, 1.82) is 0 Å². The molecule has 0 saturated heterocycles. The topological polar surface area (TPSA) is 165 Å². The van der Waals surface area contributed by atoms with E-state index in [1.165, 1.54) is 22.8 Å². The molecule has 4 aromatic rings. The fraction of sp³-hybridized carbons (Fsp3) is 0.242. The molecule has 1 aliphatic rings. The van der Waals surface area contributed by atoms with Gasteiger partial charge in [-0.1, -0.05) is 23.5 Å². The largest absolute Gasteiger partial charge is 0.490 e. The lowest BCUT2D eigenvalue weighted by molar-refractivity contribution is -0.385. The lowest BCUT2D eigenvalue weighted by Gasteiger charge is -2.24. The quantitative estimate of drug-likeness (QED) is 0.0826. The first-order valence-corrected chi connectivity index (χ1v) is 16.6. The standard InChI is InChI=1S/C33H29IN4O9S/c1-5-45-26-14-21(13-24(34)30(26)47-17-20-8-11-23(12-9-20)37(41)42)15-27-31(39)36-29(22-10-7-18(3)25(16-22)38(43)44)28(32(40)46-6-2)19(4)35-33(36)48-27/h7-16,29H,5-6,17H2,1-4H3/b27-15+/t29-/m1/s1. The maximum absolute atomic E-state index is 14.1. The lowest BCUT2D eigenvalue weighted by Crippen LogP contribution is -2.40. The molecule has 0 N–H and O–H groups in total. The Morgan fingerprint density at radius 2 is 1.75 bits per heavy atom. The van der Waals surface area contributed by atoms with Crippen molar-refractivity contribution in [3.8, 4) is 11.5 Å². The summed E-state index contributed by atoms with van der Waals surface area (Å²) in [7, 11) is 0. The number of hydrogen-bond donors (Lipinski definition) is 0. The van der Waals surface area contributed by atoms with Gasteiger partial charge in [0.1, 0.15) is 6.61 Å². The number of rotatable bonds is 11. The normalized spacial score (nSPS) is 14.3. The van der Waals surface area contributed by atoms with Crippen molar-refractivity contribution < 1.29 is 28.9 Å². The summed E-state index contributed by atoms with van der Waals surface area (Å²) in [5, 5.41) is 22.8. The van der Waals surface area contributed by atoms with E-state index in [0.29, 0.717) is 53.4 Å². The third-order valence-electron chi connectivity index (χ3n) is 7.42. The summed E-state index contributed by atoms with van der Waals surface area (Å²) in [5.41, 5.74) is 2.06. The Hall–Kier alpha value is -4.90. The second-order valence-corrected chi connectivity index (χ2v) is 12.8. The minimum absolute atomic E-state index is 0.0169. The van der Waals surface area contributed by atoms with Crippen LogP contribution in [0.2, 0.25) is 0 Å². The molecule has 5 rings (SSSR count). The molecule has 0 aliphatic carbocycles. The van der Waals surface area contributed by atoms with E-state index in [4.69, 9.17) is 14.2 Å². The van der Waals surface area contributed by atoms with Crippen LogP contribution in [-0.2, 0) is 16.1 Å². The Labute approximate surface area is 291 Å². The van der Waals surface area contributed by atoms with Crippen molar-refractivity contribution in [2.24, 2.45) is 4.99 Å². The maximum Gasteiger partial charge on any atom is 0.338 e. The van der Waals surface area contributed by atoms with Gasteiger partial charge < -0.3 is 14.2 Å². The van der Waals surface area contributed by atoms with Crippen molar-refractivity contribution in [2.45, 2.75) is 40.3 Å². The number of nitro benzene ring substituents is 2. The second-order valence-electron chi connectivity index (χ2n) is 10.6. The molecule has 0 bridgehead atoms. The van der Waals surface area contributed by atoms with Crippen molar-refractivity contribution in [3.05, 3.63) is 132 Å². The number of hydrogen-bond acceptors (Lipinski definition) is 11. The van der Waals surface area contributed by atoms with Crippen molar-refractivity contribution >= 4 is 57.3 Å². The predicted molar refractivity (Wildman–Crippen MR) is 186 cm³/mol. The number of aryl methyl sites for hydroxylation is 1. The molecule has 1 aromatic heterocycles. The van der Waals surface area contributed by atoms with Gasteiger partial charge in [-0.05, 0) is 97.3 Å². The van der Waals surface area contributed by atoms with Crippen molar-refractivity contribution in [1.82, 2.24) is 4.57 Å². The number of thiazole rings is 1. The lowest BCUT2D eigenvalue weighted by atomic mass is 9.94. The number of benzene rings is 3.